The van der Waals surface area contributed by atoms with E-state index in [-0.39, 0.29) is 18.7 Å². The van der Waals surface area contributed by atoms with Crippen LogP contribution in [0.25, 0.3) is 0 Å². The summed E-state index contributed by atoms with van der Waals surface area (Å²) in [5, 5.41) is 15.2. The highest BCUT2D eigenvalue weighted by Gasteiger charge is 2.43. The minimum Gasteiger partial charge on any atom is -0.480 e. The van der Waals surface area contributed by atoms with Gasteiger partial charge in [-0.1, -0.05) is 12.1 Å². The van der Waals surface area contributed by atoms with E-state index < -0.39 is 29.3 Å². The molecule has 1 fully saturated rings. The lowest BCUT2D eigenvalue weighted by Gasteiger charge is -2.38. The number of carbonyl (C=O) groups excluding carboxylic acids is 1. The topological polar surface area (TPSA) is 113 Å². The smallest absolute Gasteiger partial charge is 0.338 e. The molecule has 174 valence electrons. The lowest BCUT2D eigenvalue weighted by molar-refractivity contribution is -0.149. The molecule has 2 atom stereocenters. The second kappa shape index (κ2) is 9.38. The molecule has 9 nitrogen and oxygen atoms in total. The summed E-state index contributed by atoms with van der Waals surface area (Å²) in [6.45, 7) is 2.64. The number of rotatable bonds is 6. The van der Waals surface area contributed by atoms with Gasteiger partial charge in [0, 0.05) is 30.4 Å². The summed E-state index contributed by atoms with van der Waals surface area (Å²) in [5.74, 6) is -1.62. The summed E-state index contributed by atoms with van der Waals surface area (Å²) in [6, 6.07) is 4.88. The highest BCUT2D eigenvalue weighted by molar-refractivity contribution is 7.11. The SMILES string of the molecule is COC(=O)C1=C(CN2CCOC[C@H]2C(=O)O)NC(c2nccs2)=NC1(C)c1ccc(F)cc1. The number of aliphatic imine (C=N–C) groups is 1. The van der Waals surface area contributed by atoms with Crippen LogP contribution in [0.3, 0.4) is 0 Å². The van der Waals surface area contributed by atoms with Crippen LogP contribution in [0.4, 0.5) is 4.39 Å². The fraction of sp³-hybridized carbons (Fsp3) is 0.364. The average Bonchev–Trinajstić information content (AvgIpc) is 3.34. The Morgan fingerprint density at radius 1 is 1.39 bits per heavy atom. The number of carboxylic acid groups (broad SMARTS) is 1. The molecule has 2 aromatic rings. The molecule has 2 aliphatic rings. The number of nitrogens with one attached hydrogen (secondary N) is 1. The quantitative estimate of drug-likeness (QED) is 0.609. The van der Waals surface area contributed by atoms with Crippen LogP contribution in [0.2, 0.25) is 0 Å². The van der Waals surface area contributed by atoms with Gasteiger partial charge in [-0.05, 0) is 24.6 Å². The van der Waals surface area contributed by atoms with E-state index in [4.69, 9.17) is 14.5 Å². The highest BCUT2D eigenvalue weighted by Crippen LogP contribution is 2.39. The number of hydrogen-bond acceptors (Lipinski definition) is 9. The first-order valence-electron chi connectivity index (χ1n) is 10.2. The third-order valence-electron chi connectivity index (χ3n) is 5.71. The van der Waals surface area contributed by atoms with Gasteiger partial charge in [0.1, 0.15) is 17.4 Å². The van der Waals surface area contributed by atoms with E-state index >= 15 is 0 Å². The van der Waals surface area contributed by atoms with Gasteiger partial charge in [0.05, 0.1) is 25.9 Å². The molecule has 0 amide bonds. The number of benzene rings is 1. The van der Waals surface area contributed by atoms with Crippen LogP contribution in [0, 0.1) is 5.82 Å². The van der Waals surface area contributed by atoms with Gasteiger partial charge in [0.2, 0.25) is 0 Å². The number of aromatic nitrogens is 1. The maximum atomic E-state index is 13.7. The summed E-state index contributed by atoms with van der Waals surface area (Å²) in [5.41, 5.74) is 0.0107. The molecule has 1 saturated heterocycles. The first-order chi connectivity index (χ1) is 15.8. The predicted molar refractivity (Wildman–Crippen MR) is 118 cm³/mol. The molecular formula is C22H23FN4O5S. The second-order valence-corrected chi connectivity index (χ2v) is 8.64. The Morgan fingerprint density at radius 3 is 2.79 bits per heavy atom. The third-order valence-corrected chi connectivity index (χ3v) is 6.49. The number of amidine groups is 1. The number of hydrogen-bond donors (Lipinski definition) is 2. The molecule has 11 heteroatoms. The second-order valence-electron chi connectivity index (χ2n) is 7.75. The molecule has 1 aromatic carbocycles. The van der Waals surface area contributed by atoms with Crippen LogP contribution in [0.15, 0.2) is 52.1 Å². The van der Waals surface area contributed by atoms with Crippen LogP contribution in [-0.4, -0.2) is 72.2 Å². The number of ether oxygens (including phenoxy) is 2. The fourth-order valence-corrected chi connectivity index (χ4v) is 4.61. The van der Waals surface area contributed by atoms with Gasteiger partial charge in [0.25, 0.3) is 0 Å². The maximum Gasteiger partial charge on any atom is 0.338 e. The highest BCUT2D eigenvalue weighted by atomic mass is 32.1. The molecule has 1 unspecified atom stereocenters. The summed E-state index contributed by atoms with van der Waals surface area (Å²) < 4.78 is 24.1. The Labute approximate surface area is 193 Å². The summed E-state index contributed by atoms with van der Waals surface area (Å²) in [6.07, 6.45) is 1.64. The summed E-state index contributed by atoms with van der Waals surface area (Å²) >= 11 is 1.37. The van der Waals surface area contributed by atoms with E-state index in [1.807, 2.05) is 0 Å². The third kappa shape index (κ3) is 4.52. The minimum atomic E-state index is -1.23. The van der Waals surface area contributed by atoms with Crippen molar-refractivity contribution in [2.75, 3.05) is 33.4 Å². The molecule has 1 aromatic heterocycles. The monoisotopic (exact) mass is 474 g/mol. The van der Waals surface area contributed by atoms with Gasteiger partial charge in [-0.15, -0.1) is 11.3 Å². The molecule has 33 heavy (non-hydrogen) atoms. The Morgan fingerprint density at radius 2 is 2.15 bits per heavy atom. The Hall–Kier alpha value is -3.15. The number of halogens is 1. The predicted octanol–water partition coefficient (Wildman–Crippen LogP) is 1.76. The van der Waals surface area contributed by atoms with Crippen molar-refractivity contribution in [2.24, 2.45) is 4.99 Å². The standard InChI is InChI=1S/C22H23FN4O5S/c1-22(13-3-5-14(23)6-4-13)17(21(30)31-2)15(25-18(26-22)19-24-7-10-33-19)11-27-8-9-32-12-16(27)20(28)29/h3-7,10,16H,8-9,11-12H2,1-2H3,(H,25,26)(H,28,29)/t16-,22?/m0/s1. The van der Waals surface area contributed by atoms with E-state index in [2.05, 4.69) is 10.3 Å². The zero-order valence-electron chi connectivity index (χ0n) is 18.1. The number of aliphatic carboxylic acids is 1. The van der Waals surface area contributed by atoms with E-state index in [1.165, 1.54) is 30.6 Å². The van der Waals surface area contributed by atoms with E-state index in [1.54, 1.807) is 35.5 Å². The molecule has 0 spiro atoms. The number of carboxylic acids is 1. The lowest BCUT2D eigenvalue weighted by atomic mass is 9.82. The lowest BCUT2D eigenvalue weighted by Crippen LogP contribution is -2.53. The number of nitrogens with zero attached hydrogens (tertiary/aromatic N) is 3. The number of thiazole rings is 1. The van der Waals surface area contributed by atoms with Crippen molar-refractivity contribution >= 4 is 29.1 Å². The fourth-order valence-electron chi connectivity index (χ4n) is 4.03. The Bertz CT molecular complexity index is 1100. The molecule has 4 rings (SSSR count). The molecule has 2 aliphatic heterocycles. The summed E-state index contributed by atoms with van der Waals surface area (Å²) in [4.78, 5) is 35.7. The van der Waals surface area contributed by atoms with Gasteiger partial charge < -0.3 is 19.9 Å². The number of carbonyl (C=O) groups is 2. The van der Waals surface area contributed by atoms with Crippen molar-refractivity contribution in [3.8, 4) is 0 Å². The molecular weight excluding hydrogens is 451 g/mol. The largest absolute Gasteiger partial charge is 0.480 e. The molecule has 0 aliphatic carbocycles. The molecule has 3 heterocycles. The van der Waals surface area contributed by atoms with Crippen molar-refractivity contribution < 1.29 is 28.6 Å². The van der Waals surface area contributed by atoms with Crippen LogP contribution >= 0.6 is 11.3 Å². The van der Waals surface area contributed by atoms with Gasteiger partial charge in [-0.2, -0.15) is 0 Å². The first-order valence-corrected chi connectivity index (χ1v) is 11.1. The van der Waals surface area contributed by atoms with Crippen LogP contribution in [0.1, 0.15) is 17.5 Å². The zero-order chi connectivity index (χ0) is 23.6. The molecule has 0 bridgehead atoms. The van der Waals surface area contributed by atoms with Crippen molar-refractivity contribution in [1.29, 1.82) is 0 Å². The average molecular weight is 475 g/mol. The van der Waals surface area contributed by atoms with E-state index in [0.717, 1.165) is 0 Å². The van der Waals surface area contributed by atoms with Crippen LogP contribution in [-0.2, 0) is 24.6 Å². The van der Waals surface area contributed by atoms with Gasteiger partial charge in [-0.3, -0.25) is 9.69 Å². The zero-order valence-corrected chi connectivity index (χ0v) is 18.9. The summed E-state index contributed by atoms with van der Waals surface area (Å²) in [7, 11) is 1.27. The van der Waals surface area contributed by atoms with Crippen LogP contribution < -0.4 is 5.32 Å². The number of morpholine rings is 1. The van der Waals surface area contributed by atoms with E-state index in [9.17, 15) is 19.1 Å². The normalized spacial score (nSPS) is 23.6. The first kappa shape index (κ1) is 23.0. The molecule has 2 N–H and O–H groups in total. The van der Waals surface area contributed by atoms with Crippen molar-refractivity contribution in [3.63, 3.8) is 0 Å². The number of methoxy groups -OCH3 is 1. The van der Waals surface area contributed by atoms with E-state index in [0.29, 0.717) is 35.3 Å². The van der Waals surface area contributed by atoms with Crippen LogP contribution in [0.5, 0.6) is 0 Å². The molecule has 0 saturated carbocycles. The minimum absolute atomic E-state index is 0.0405. The van der Waals surface area contributed by atoms with Crippen molar-refractivity contribution in [2.45, 2.75) is 18.5 Å². The number of esters is 1. The van der Waals surface area contributed by atoms with Gasteiger partial charge >= 0.3 is 11.9 Å². The molecule has 0 radical (unpaired) electrons. The van der Waals surface area contributed by atoms with Crippen molar-refractivity contribution in [3.05, 3.63) is 63.5 Å². The Balaban J connectivity index is 1.85. The Kier molecular flexibility index (Phi) is 6.54. The maximum absolute atomic E-state index is 13.7. The van der Waals surface area contributed by atoms with Crippen molar-refractivity contribution in [1.82, 2.24) is 15.2 Å². The van der Waals surface area contributed by atoms with Gasteiger partial charge in [0.15, 0.2) is 10.8 Å². The van der Waals surface area contributed by atoms with Gasteiger partial charge in [-0.25, -0.2) is 19.2 Å².